The first-order valence-electron chi connectivity index (χ1n) is 5.92. The minimum Gasteiger partial charge on any atom is -0.294 e. The van der Waals surface area contributed by atoms with Crippen molar-refractivity contribution in [3.8, 4) is 0 Å². The molecule has 0 fully saturated rings. The number of nitrogens with zero attached hydrogens (tertiary/aromatic N) is 3. The average Bonchev–Trinajstić information content (AvgIpc) is 2.74. The minimum absolute atomic E-state index is 0.216. The summed E-state index contributed by atoms with van der Waals surface area (Å²) in [5.41, 5.74) is 1.24. The van der Waals surface area contributed by atoms with E-state index in [1.54, 1.807) is 0 Å². The third-order valence-corrected chi connectivity index (χ3v) is 3.18. The van der Waals surface area contributed by atoms with Gasteiger partial charge in [0, 0.05) is 6.42 Å². The second kappa shape index (κ2) is 5.32. The predicted molar refractivity (Wildman–Crippen MR) is 69.3 cm³/mol. The molecule has 0 saturated heterocycles. The molecule has 2 aromatic rings. The van der Waals surface area contributed by atoms with E-state index in [0.717, 1.165) is 18.7 Å². The number of benzene rings is 1. The topological polar surface area (TPSA) is 30.7 Å². The van der Waals surface area contributed by atoms with Crippen molar-refractivity contribution in [2.75, 3.05) is 0 Å². The lowest BCUT2D eigenvalue weighted by molar-refractivity contribution is 0.544. The summed E-state index contributed by atoms with van der Waals surface area (Å²) in [6, 6.07) is 10.6. The summed E-state index contributed by atoms with van der Waals surface area (Å²) < 4.78 is 2.02. The molecular formula is C13H16ClN3. The highest BCUT2D eigenvalue weighted by Gasteiger charge is 2.18. The normalized spacial score (nSPS) is 12.6. The van der Waals surface area contributed by atoms with Crippen molar-refractivity contribution < 1.29 is 0 Å². The van der Waals surface area contributed by atoms with Gasteiger partial charge in [-0.25, -0.2) is 0 Å². The van der Waals surface area contributed by atoms with Gasteiger partial charge in [-0.2, -0.15) is 0 Å². The van der Waals surface area contributed by atoms with Crippen LogP contribution in [0.5, 0.6) is 0 Å². The van der Waals surface area contributed by atoms with Crippen LogP contribution in [-0.4, -0.2) is 14.8 Å². The van der Waals surface area contributed by atoms with Gasteiger partial charge in [-0.3, -0.25) is 4.57 Å². The van der Waals surface area contributed by atoms with Gasteiger partial charge in [0.25, 0.3) is 0 Å². The van der Waals surface area contributed by atoms with E-state index in [0.29, 0.717) is 5.28 Å². The predicted octanol–water partition coefficient (Wildman–Crippen LogP) is 3.49. The highest BCUT2D eigenvalue weighted by atomic mass is 35.5. The van der Waals surface area contributed by atoms with Crippen molar-refractivity contribution in [3.05, 3.63) is 47.0 Å². The zero-order chi connectivity index (χ0) is 12.3. The van der Waals surface area contributed by atoms with Crippen LogP contribution in [0.15, 0.2) is 30.3 Å². The fraction of sp³-hybridized carbons (Fsp3) is 0.385. The van der Waals surface area contributed by atoms with E-state index in [2.05, 4.69) is 36.2 Å². The molecule has 1 heterocycles. The third-order valence-electron chi connectivity index (χ3n) is 2.92. The summed E-state index contributed by atoms with van der Waals surface area (Å²) in [5.74, 6) is 0.936. The van der Waals surface area contributed by atoms with E-state index in [-0.39, 0.29) is 6.04 Å². The Bertz CT molecular complexity index is 479. The van der Waals surface area contributed by atoms with E-state index in [4.69, 9.17) is 11.6 Å². The van der Waals surface area contributed by atoms with Gasteiger partial charge in [-0.05, 0) is 23.6 Å². The van der Waals surface area contributed by atoms with Gasteiger partial charge in [-0.1, -0.05) is 44.2 Å². The molecule has 0 N–H and O–H groups in total. The first kappa shape index (κ1) is 12.1. The van der Waals surface area contributed by atoms with Crippen LogP contribution >= 0.6 is 11.6 Å². The molecule has 90 valence electrons. The van der Waals surface area contributed by atoms with E-state index in [1.165, 1.54) is 5.56 Å². The number of aryl methyl sites for hydroxylation is 1. The molecule has 1 aromatic heterocycles. The lowest BCUT2D eigenvalue weighted by Gasteiger charge is -2.19. The molecule has 0 amide bonds. The number of halogens is 1. The van der Waals surface area contributed by atoms with Crippen LogP contribution in [-0.2, 0) is 6.42 Å². The Morgan fingerprint density at radius 1 is 1.18 bits per heavy atom. The lowest BCUT2D eigenvalue weighted by Crippen LogP contribution is -2.13. The Labute approximate surface area is 106 Å². The molecule has 0 aliphatic rings. The number of rotatable bonds is 4. The van der Waals surface area contributed by atoms with Gasteiger partial charge in [-0.15, -0.1) is 10.2 Å². The Morgan fingerprint density at radius 3 is 2.47 bits per heavy atom. The maximum Gasteiger partial charge on any atom is 0.225 e. The molecule has 0 aliphatic heterocycles. The zero-order valence-electron chi connectivity index (χ0n) is 10.1. The van der Waals surface area contributed by atoms with Gasteiger partial charge in [0.05, 0.1) is 6.04 Å². The first-order valence-corrected chi connectivity index (χ1v) is 6.29. The molecule has 0 saturated carbocycles. The van der Waals surface area contributed by atoms with Gasteiger partial charge >= 0.3 is 0 Å². The Kier molecular flexibility index (Phi) is 3.79. The summed E-state index contributed by atoms with van der Waals surface area (Å²) in [6.07, 6.45) is 1.80. The largest absolute Gasteiger partial charge is 0.294 e. The maximum absolute atomic E-state index is 6.14. The molecule has 2 rings (SSSR count). The molecular weight excluding hydrogens is 234 g/mol. The molecule has 0 aliphatic carbocycles. The molecule has 1 aromatic carbocycles. The summed E-state index contributed by atoms with van der Waals surface area (Å²) in [4.78, 5) is 0. The summed E-state index contributed by atoms with van der Waals surface area (Å²) in [5, 5.41) is 8.54. The van der Waals surface area contributed by atoms with Crippen molar-refractivity contribution in [1.82, 2.24) is 14.8 Å². The van der Waals surface area contributed by atoms with Crippen LogP contribution < -0.4 is 0 Å². The van der Waals surface area contributed by atoms with Crippen molar-refractivity contribution in [2.45, 2.75) is 32.7 Å². The second-order valence-corrected chi connectivity index (χ2v) is 4.28. The monoisotopic (exact) mass is 249 g/mol. The maximum atomic E-state index is 6.14. The fourth-order valence-corrected chi connectivity index (χ4v) is 2.35. The molecule has 0 spiro atoms. The standard InChI is InChI=1S/C13H16ClN3/c1-3-11(10-8-6-5-7-9-10)17-12(4-2)15-16-13(17)14/h5-9,11H,3-4H2,1-2H3. The Morgan fingerprint density at radius 2 is 1.88 bits per heavy atom. The van der Waals surface area contributed by atoms with Crippen LogP contribution in [0, 0.1) is 0 Å². The second-order valence-electron chi connectivity index (χ2n) is 3.94. The summed E-state index contributed by atoms with van der Waals surface area (Å²) in [7, 11) is 0. The van der Waals surface area contributed by atoms with Crippen molar-refractivity contribution in [2.24, 2.45) is 0 Å². The summed E-state index contributed by atoms with van der Waals surface area (Å²) >= 11 is 6.14. The number of aromatic nitrogens is 3. The smallest absolute Gasteiger partial charge is 0.225 e. The first-order chi connectivity index (χ1) is 8.27. The van der Waals surface area contributed by atoms with Crippen molar-refractivity contribution in [3.63, 3.8) is 0 Å². The molecule has 1 unspecified atom stereocenters. The molecule has 17 heavy (non-hydrogen) atoms. The van der Waals surface area contributed by atoms with Crippen LogP contribution in [0.2, 0.25) is 5.28 Å². The SMILES string of the molecule is CCc1nnc(Cl)n1C(CC)c1ccccc1. The molecule has 3 nitrogen and oxygen atoms in total. The average molecular weight is 250 g/mol. The van der Waals surface area contributed by atoms with Crippen LogP contribution in [0.3, 0.4) is 0 Å². The lowest BCUT2D eigenvalue weighted by atomic mass is 10.0. The van der Waals surface area contributed by atoms with Crippen LogP contribution in [0.25, 0.3) is 0 Å². The minimum atomic E-state index is 0.216. The highest BCUT2D eigenvalue weighted by Crippen LogP contribution is 2.26. The number of hydrogen-bond donors (Lipinski definition) is 0. The number of hydrogen-bond acceptors (Lipinski definition) is 2. The van der Waals surface area contributed by atoms with Gasteiger partial charge in [0.15, 0.2) is 0 Å². The fourth-order valence-electron chi connectivity index (χ4n) is 2.09. The molecule has 0 radical (unpaired) electrons. The Balaban J connectivity index is 2.45. The van der Waals surface area contributed by atoms with E-state index < -0.39 is 0 Å². The molecule has 4 heteroatoms. The van der Waals surface area contributed by atoms with Gasteiger partial charge < -0.3 is 0 Å². The van der Waals surface area contributed by atoms with Gasteiger partial charge in [0.1, 0.15) is 5.82 Å². The van der Waals surface area contributed by atoms with E-state index >= 15 is 0 Å². The van der Waals surface area contributed by atoms with Gasteiger partial charge in [0.2, 0.25) is 5.28 Å². The van der Waals surface area contributed by atoms with Crippen LogP contribution in [0.4, 0.5) is 0 Å². The Hall–Kier alpha value is -1.35. The highest BCUT2D eigenvalue weighted by molar-refractivity contribution is 6.28. The molecule has 0 bridgehead atoms. The third kappa shape index (κ3) is 2.34. The zero-order valence-corrected chi connectivity index (χ0v) is 10.9. The van der Waals surface area contributed by atoms with Crippen molar-refractivity contribution in [1.29, 1.82) is 0 Å². The van der Waals surface area contributed by atoms with Crippen LogP contribution in [0.1, 0.15) is 37.7 Å². The van der Waals surface area contributed by atoms with E-state index in [9.17, 15) is 0 Å². The molecule has 1 atom stereocenters. The summed E-state index contributed by atoms with van der Waals surface area (Å²) in [6.45, 7) is 4.21. The quantitative estimate of drug-likeness (QED) is 0.831. The van der Waals surface area contributed by atoms with E-state index in [1.807, 2.05) is 22.8 Å². The van der Waals surface area contributed by atoms with Crippen molar-refractivity contribution >= 4 is 11.6 Å².